The number of amides is 3. The molecule has 41 heavy (non-hydrogen) atoms. The van der Waals surface area contributed by atoms with Crippen molar-refractivity contribution < 1.29 is 19.1 Å². The van der Waals surface area contributed by atoms with Crippen molar-refractivity contribution in [1.82, 2.24) is 4.90 Å². The molecule has 6 rings (SSSR count). The number of methoxy groups -OCH3 is 1. The van der Waals surface area contributed by atoms with Gasteiger partial charge in [-0.25, -0.2) is 0 Å². The summed E-state index contributed by atoms with van der Waals surface area (Å²) in [6.07, 6.45) is 0.284. The molecule has 0 unspecified atom stereocenters. The van der Waals surface area contributed by atoms with E-state index in [9.17, 15) is 14.4 Å². The molecule has 0 bridgehead atoms. The first-order valence-electron chi connectivity index (χ1n) is 13.6. The molecule has 2 aliphatic rings. The minimum atomic E-state index is -1.22. The second-order valence-corrected chi connectivity index (χ2v) is 11.5. The number of fused-ring (bicyclic) bond motifs is 1. The number of anilines is 1. The maximum Gasteiger partial charge on any atom is 0.239 e. The van der Waals surface area contributed by atoms with Crippen molar-refractivity contribution in [3.63, 3.8) is 0 Å². The number of ether oxygens (including phenoxy) is 1. The highest BCUT2D eigenvalue weighted by Gasteiger charge is 2.61. The van der Waals surface area contributed by atoms with Crippen molar-refractivity contribution in [2.75, 3.05) is 12.0 Å². The fourth-order valence-corrected chi connectivity index (χ4v) is 6.44. The molecule has 2 aliphatic heterocycles. The van der Waals surface area contributed by atoms with Gasteiger partial charge in [-0.2, -0.15) is 0 Å². The van der Waals surface area contributed by atoms with Crippen LogP contribution in [0, 0.1) is 5.92 Å². The van der Waals surface area contributed by atoms with Gasteiger partial charge in [0, 0.05) is 16.6 Å². The highest BCUT2D eigenvalue weighted by Crippen LogP contribution is 2.52. The molecular weight excluding hydrogens is 580 g/mol. The van der Waals surface area contributed by atoms with Gasteiger partial charge in [0.2, 0.25) is 17.7 Å². The van der Waals surface area contributed by atoms with Gasteiger partial charge in [-0.05, 0) is 59.0 Å². The first-order valence-corrected chi connectivity index (χ1v) is 14.4. The lowest BCUT2D eigenvalue weighted by molar-refractivity contribution is -0.142. The van der Waals surface area contributed by atoms with Crippen molar-refractivity contribution >= 4 is 39.3 Å². The van der Waals surface area contributed by atoms with Crippen LogP contribution in [-0.2, 0) is 39.3 Å². The molecule has 3 amide bonds. The van der Waals surface area contributed by atoms with Crippen LogP contribution in [0.3, 0.4) is 0 Å². The molecule has 0 spiro atoms. The Kier molecular flexibility index (Phi) is 7.22. The standard InChI is InChI=1S/C34H29BrN2O4/c1-41-27-17-13-25(14-18-27)22-37-31(38)19-29(32(37)39)34(20-23-11-15-26(35)16-12-23)28-9-5-6-10-30(28)36(33(34)40)21-24-7-3-2-4-8-24/h2-18,29H,19-22H2,1H3/t29-,34+/m0/s1. The molecule has 0 radical (unpaired) electrons. The molecule has 7 heteroatoms. The van der Waals surface area contributed by atoms with E-state index in [4.69, 9.17) is 4.74 Å². The average molecular weight is 610 g/mol. The van der Waals surface area contributed by atoms with E-state index in [0.29, 0.717) is 18.7 Å². The second-order valence-electron chi connectivity index (χ2n) is 10.6. The molecule has 4 aromatic rings. The number of likely N-dealkylation sites (tertiary alicyclic amines) is 1. The zero-order chi connectivity index (χ0) is 28.6. The van der Waals surface area contributed by atoms with Crippen LogP contribution in [0.4, 0.5) is 5.69 Å². The van der Waals surface area contributed by atoms with Crippen molar-refractivity contribution in [3.05, 3.63) is 130 Å². The highest BCUT2D eigenvalue weighted by molar-refractivity contribution is 9.10. The normalized spacial score (nSPS) is 20.0. The summed E-state index contributed by atoms with van der Waals surface area (Å²) in [4.78, 5) is 45.5. The number of hydrogen-bond acceptors (Lipinski definition) is 4. The number of carbonyl (C=O) groups excluding carboxylic acids is 3. The Morgan fingerprint density at radius 2 is 1.37 bits per heavy atom. The topological polar surface area (TPSA) is 66.9 Å². The monoisotopic (exact) mass is 608 g/mol. The number of nitrogens with zero attached hydrogens (tertiary/aromatic N) is 2. The van der Waals surface area contributed by atoms with Crippen LogP contribution in [0.2, 0.25) is 0 Å². The van der Waals surface area contributed by atoms with E-state index in [1.807, 2.05) is 103 Å². The lowest BCUT2D eigenvalue weighted by atomic mass is 9.66. The summed E-state index contributed by atoms with van der Waals surface area (Å²) in [5.41, 5.74) is 3.09. The van der Waals surface area contributed by atoms with Crippen molar-refractivity contribution in [2.45, 2.75) is 31.3 Å². The van der Waals surface area contributed by atoms with Gasteiger partial charge in [0.05, 0.1) is 31.5 Å². The Hall–Kier alpha value is -4.23. The van der Waals surface area contributed by atoms with Gasteiger partial charge in [-0.1, -0.05) is 88.7 Å². The van der Waals surface area contributed by atoms with Crippen molar-refractivity contribution in [2.24, 2.45) is 5.92 Å². The fraction of sp³-hybridized carbons (Fsp3) is 0.206. The minimum absolute atomic E-state index is 0.0230. The van der Waals surface area contributed by atoms with Crippen LogP contribution in [-0.4, -0.2) is 29.7 Å². The summed E-state index contributed by atoms with van der Waals surface area (Å²) in [7, 11) is 1.59. The first-order chi connectivity index (χ1) is 19.9. The Morgan fingerprint density at radius 1 is 0.756 bits per heavy atom. The molecule has 206 valence electrons. The number of hydrogen-bond donors (Lipinski definition) is 0. The largest absolute Gasteiger partial charge is 0.497 e. The third kappa shape index (κ3) is 4.84. The van der Waals surface area contributed by atoms with Crippen LogP contribution in [0.15, 0.2) is 108 Å². The van der Waals surface area contributed by atoms with Gasteiger partial charge < -0.3 is 9.64 Å². The number of benzene rings is 4. The Labute approximate surface area is 247 Å². The maximum atomic E-state index is 14.8. The first kappa shape index (κ1) is 27.0. The van der Waals surface area contributed by atoms with E-state index < -0.39 is 11.3 Å². The summed E-state index contributed by atoms with van der Waals surface area (Å²) < 4.78 is 6.18. The molecule has 2 heterocycles. The zero-order valence-corrected chi connectivity index (χ0v) is 24.2. The predicted octanol–water partition coefficient (Wildman–Crippen LogP) is 6.06. The van der Waals surface area contributed by atoms with Crippen LogP contribution < -0.4 is 9.64 Å². The quantitative estimate of drug-likeness (QED) is 0.228. The van der Waals surface area contributed by atoms with Crippen LogP contribution in [0.25, 0.3) is 0 Å². The minimum Gasteiger partial charge on any atom is -0.497 e. The van der Waals surface area contributed by atoms with Gasteiger partial charge in [0.1, 0.15) is 5.75 Å². The second kappa shape index (κ2) is 11.0. The smallest absolute Gasteiger partial charge is 0.239 e. The van der Waals surface area contributed by atoms with Crippen molar-refractivity contribution in [1.29, 1.82) is 0 Å². The SMILES string of the molecule is COc1ccc(CN2C(=O)C[C@H]([C@]3(Cc4ccc(Br)cc4)C(=O)N(Cc4ccccc4)c4ccccc43)C2=O)cc1. The molecule has 1 fully saturated rings. The number of para-hydroxylation sites is 1. The Balaban J connectivity index is 1.43. The fourth-order valence-electron chi connectivity index (χ4n) is 6.18. The summed E-state index contributed by atoms with van der Waals surface area (Å²) >= 11 is 3.50. The maximum absolute atomic E-state index is 14.8. The van der Waals surface area contributed by atoms with Gasteiger partial charge in [-0.15, -0.1) is 0 Å². The van der Waals surface area contributed by atoms with Gasteiger partial charge in [0.25, 0.3) is 0 Å². The lowest BCUT2D eigenvalue weighted by Gasteiger charge is -2.33. The predicted molar refractivity (Wildman–Crippen MR) is 160 cm³/mol. The lowest BCUT2D eigenvalue weighted by Crippen LogP contribution is -2.49. The van der Waals surface area contributed by atoms with E-state index in [-0.39, 0.29) is 30.7 Å². The van der Waals surface area contributed by atoms with Gasteiger partial charge in [-0.3, -0.25) is 19.3 Å². The number of rotatable bonds is 8. The van der Waals surface area contributed by atoms with E-state index in [2.05, 4.69) is 15.9 Å². The van der Waals surface area contributed by atoms with E-state index in [0.717, 1.165) is 32.4 Å². The number of imide groups is 1. The third-order valence-corrected chi connectivity index (χ3v) is 8.75. The van der Waals surface area contributed by atoms with Crippen LogP contribution in [0.5, 0.6) is 5.75 Å². The molecule has 4 aromatic carbocycles. The summed E-state index contributed by atoms with van der Waals surface area (Å²) in [6, 6.07) is 32.7. The molecular formula is C34H29BrN2O4. The molecule has 0 aromatic heterocycles. The summed E-state index contributed by atoms with van der Waals surface area (Å²) in [5.74, 6) is -0.856. The van der Waals surface area contributed by atoms with Crippen LogP contribution >= 0.6 is 15.9 Å². The molecule has 0 saturated carbocycles. The van der Waals surface area contributed by atoms with Gasteiger partial charge in [0.15, 0.2) is 0 Å². The van der Waals surface area contributed by atoms with Gasteiger partial charge >= 0.3 is 0 Å². The molecule has 1 saturated heterocycles. The third-order valence-electron chi connectivity index (χ3n) is 8.22. The Morgan fingerprint density at radius 3 is 2.07 bits per heavy atom. The average Bonchev–Trinajstić information content (AvgIpc) is 3.41. The molecule has 6 nitrogen and oxygen atoms in total. The zero-order valence-electron chi connectivity index (χ0n) is 22.6. The number of halogens is 1. The summed E-state index contributed by atoms with van der Waals surface area (Å²) in [5, 5.41) is 0. The summed E-state index contributed by atoms with van der Waals surface area (Å²) in [6.45, 7) is 0.527. The molecule has 0 N–H and O–H groups in total. The van der Waals surface area contributed by atoms with E-state index in [1.54, 1.807) is 12.0 Å². The molecule has 2 atom stereocenters. The molecule has 0 aliphatic carbocycles. The number of carbonyl (C=O) groups is 3. The van der Waals surface area contributed by atoms with Crippen molar-refractivity contribution in [3.8, 4) is 5.75 Å². The van der Waals surface area contributed by atoms with Crippen LogP contribution in [0.1, 0.15) is 28.7 Å². The van der Waals surface area contributed by atoms with E-state index >= 15 is 0 Å². The highest BCUT2D eigenvalue weighted by atomic mass is 79.9. The van der Waals surface area contributed by atoms with E-state index in [1.165, 1.54) is 4.90 Å². The Bertz CT molecular complexity index is 1600.